The molecule has 1 N–H and O–H groups in total. The number of hydrogen-bond acceptors (Lipinski definition) is 4. The molecule has 0 spiro atoms. The van der Waals surface area contributed by atoms with Crippen molar-refractivity contribution in [3.05, 3.63) is 58.7 Å². The van der Waals surface area contributed by atoms with Gasteiger partial charge >= 0.3 is 5.97 Å². The van der Waals surface area contributed by atoms with Crippen LogP contribution < -0.4 is 0 Å². The van der Waals surface area contributed by atoms with Crippen LogP contribution in [0.25, 0.3) is 0 Å². The van der Waals surface area contributed by atoms with Crippen LogP contribution in [0.15, 0.2) is 30.3 Å². The third kappa shape index (κ3) is 3.74. The molecule has 5 heteroatoms. The molecule has 0 aliphatic carbocycles. The number of carboxylic acids is 1. The van der Waals surface area contributed by atoms with Gasteiger partial charge in [0, 0.05) is 30.4 Å². The fourth-order valence-electron chi connectivity index (χ4n) is 3.13. The molecule has 23 heavy (non-hydrogen) atoms. The van der Waals surface area contributed by atoms with Crippen molar-refractivity contribution < 1.29 is 9.90 Å². The summed E-state index contributed by atoms with van der Waals surface area (Å²) in [5, 5.41) is 8.94. The standard InChI is InChI=1S/C18H21N3O2/c1-12-9-13(2)20-17(19-12)16-7-8-21(11-16)10-14-3-5-15(6-4-14)18(22)23/h3-6,9,16H,7-8,10-11H2,1-2H3,(H,22,23). The average molecular weight is 311 g/mol. The summed E-state index contributed by atoms with van der Waals surface area (Å²) in [5.41, 5.74) is 3.51. The van der Waals surface area contributed by atoms with Crippen LogP contribution >= 0.6 is 0 Å². The molecule has 2 heterocycles. The van der Waals surface area contributed by atoms with E-state index < -0.39 is 5.97 Å². The Morgan fingerprint density at radius 3 is 2.48 bits per heavy atom. The molecule has 0 radical (unpaired) electrons. The predicted molar refractivity (Wildman–Crippen MR) is 87.5 cm³/mol. The van der Waals surface area contributed by atoms with E-state index in [4.69, 9.17) is 5.11 Å². The number of hydrogen-bond donors (Lipinski definition) is 1. The summed E-state index contributed by atoms with van der Waals surface area (Å²) in [6.45, 7) is 6.82. The number of rotatable bonds is 4. The van der Waals surface area contributed by atoms with Crippen LogP contribution in [0.1, 0.15) is 45.5 Å². The summed E-state index contributed by atoms with van der Waals surface area (Å²) in [5.74, 6) is 0.447. The molecule has 1 saturated heterocycles. The molecule has 1 aromatic heterocycles. The molecule has 5 nitrogen and oxygen atoms in total. The van der Waals surface area contributed by atoms with Gasteiger partial charge in [0.2, 0.25) is 0 Å². The Bertz CT molecular complexity index is 692. The van der Waals surface area contributed by atoms with Crippen molar-refractivity contribution in [1.29, 1.82) is 0 Å². The molecule has 1 aromatic carbocycles. The Labute approximate surface area is 136 Å². The van der Waals surface area contributed by atoms with Crippen molar-refractivity contribution in [1.82, 2.24) is 14.9 Å². The van der Waals surface area contributed by atoms with Crippen LogP contribution in [0.4, 0.5) is 0 Å². The summed E-state index contributed by atoms with van der Waals surface area (Å²) < 4.78 is 0. The molecule has 120 valence electrons. The van der Waals surface area contributed by atoms with Crippen molar-refractivity contribution in [2.24, 2.45) is 0 Å². The molecule has 0 bridgehead atoms. The summed E-state index contributed by atoms with van der Waals surface area (Å²) in [4.78, 5) is 22.4. The lowest BCUT2D eigenvalue weighted by molar-refractivity contribution is 0.0697. The molecule has 0 saturated carbocycles. The van der Waals surface area contributed by atoms with E-state index in [1.54, 1.807) is 12.1 Å². The Morgan fingerprint density at radius 1 is 1.22 bits per heavy atom. The molecule has 2 aromatic rings. The zero-order chi connectivity index (χ0) is 16.4. The van der Waals surface area contributed by atoms with Gasteiger partial charge < -0.3 is 5.11 Å². The minimum atomic E-state index is -0.884. The van der Waals surface area contributed by atoms with Crippen LogP contribution in [0, 0.1) is 13.8 Å². The van der Waals surface area contributed by atoms with E-state index >= 15 is 0 Å². The molecular formula is C18H21N3O2. The van der Waals surface area contributed by atoms with Crippen molar-refractivity contribution in [2.45, 2.75) is 32.7 Å². The molecule has 1 aliphatic rings. The van der Waals surface area contributed by atoms with E-state index in [2.05, 4.69) is 14.9 Å². The molecule has 1 fully saturated rings. The van der Waals surface area contributed by atoms with Crippen LogP contribution in [0.2, 0.25) is 0 Å². The van der Waals surface area contributed by atoms with Crippen LogP contribution in [-0.4, -0.2) is 39.0 Å². The number of nitrogens with zero attached hydrogens (tertiary/aromatic N) is 3. The molecule has 1 unspecified atom stereocenters. The largest absolute Gasteiger partial charge is 0.478 e. The monoisotopic (exact) mass is 311 g/mol. The minimum absolute atomic E-state index is 0.330. The second kappa shape index (κ2) is 6.46. The first-order chi connectivity index (χ1) is 11.0. The molecule has 3 rings (SSSR count). The van der Waals surface area contributed by atoms with E-state index in [-0.39, 0.29) is 0 Å². The number of aromatic carboxylic acids is 1. The predicted octanol–water partition coefficient (Wildman–Crippen LogP) is 2.78. The maximum Gasteiger partial charge on any atom is 0.335 e. The van der Waals surface area contributed by atoms with Gasteiger partial charge in [0.15, 0.2) is 0 Å². The molecule has 1 atom stereocenters. The highest BCUT2D eigenvalue weighted by molar-refractivity contribution is 5.87. The third-order valence-electron chi connectivity index (χ3n) is 4.24. The molecule has 0 amide bonds. The Balaban J connectivity index is 1.64. The van der Waals surface area contributed by atoms with Crippen LogP contribution in [0.3, 0.4) is 0 Å². The normalized spacial score (nSPS) is 18.3. The lowest BCUT2D eigenvalue weighted by Gasteiger charge is -2.16. The SMILES string of the molecule is Cc1cc(C)nc(C2CCN(Cc3ccc(C(=O)O)cc3)C2)n1. The van der Waals surface area contributed by atoms with Crippen LogP contribution in [0.5, 0.6) is 0 Å². The molecule has 1 aliphatic heterocycles. The van der Waals surface area contributed by atoms with E-state index in [0.29, 0.717) is 11.5 Å². The smallest absolute Gasteiger partial charge is 0.335 e. The second-order valence-electron chi connectivity index (χ2n) is 6.23. The number of carbonyl (C=O) groups is 1. The van der Waals surface area contributed by atoms with Gasteiger partial charge in [-0.25, -0.2) is 14.8 Å². The summed E-state index contributed by atoms with van der Waals surface area (Å²) in [6, 6.07) is 9.12. The summed E-state index contributed by atoms with van der Waals surface area (Å²) >= 11 is 0. The number of benzene rings is 1. The number of aromatic nitrogens is 2. The van der Waals surface area contributed by atoms with Gasteiger partial charge in [-0.3, -0.25) is 4.90 Å². The van der Waals surface area contributed by atoms with Crippen molar-refractivity contribution >= 4 is 5.97 Å². The van der Waals surface area contributed by atoms with E-state index in [1.165, 1.54) is 0 Å². The second-order valence-corrected chi connectivity index (χ2v) is 6.23. The lowest BCUT2D eigenvalue weighted by atomic mass is 10.1. The average Bonchev–Trinajstić information content (AvgIpc) is 2.95. The van der Waals surface area contributed by atoms with Gasteiger partial charge in [0.05, 0.1) is 5.56 Å². The highest BCUT2D eigenvalue weighted by atomic mass is 16.4. The van der Waals surface area contributed by atoms with Gasteiger partial charge in [0.1, 0.15) is 5.82 Å². The molecular weight excluding hydrogens is 290 g/mol. The van der Waals surface area contributed by atoms with Crippen molar-refractivity contribution in [3.63, 3.8) is 0 Å². The Morgan fingerprint density at radius 2 is 1.87 bits per heavy atom. The first kappa shape index (κ1) is 15.6. The summed E-state index contributed by atoms with van der Waals surface area (Å²) in [7, 11) is 0. The number of carboxylic acid groups (broad SMARTS) is 1. The number of aryl methyl sites for hydroxylation is 2. The lowest BCUT2D eigenvalue weighted by Crippen LogP contribution is -2.20. The highest BCUT2D eigenvalue weighted by Gasteiger charge is 2.26. The van der Waals surface area contributed by atoms with Gasteiger partial charge in [-0.1, -0.05) is 12.1 Å². The first-order valence-corrected chi connectivity index (χ1v) is 7.88. The minimum Gasteiger partial charge on any atom is -0.478 e. The van der Waals surface area contributed by atoms with Gasteiger partial charge in [-0.05, 0) is 50.6 Å². The third-order valence-corrected chi connectivity index (χ3v) is 4.24. The van der Waals surface area contributed by atoms with Gasteiger partial charge in [-0.15, -0.1) is 0 Å². The maximum absolute atomic E-state index is 10.9. The quantitative estimate of drug-likeness (QED) is 0.940. The topological polar surface area (TPSA) is 66.3 Å². The fraction of sp³-hybridized carbons (Fsp3) is 0.389. The van der Waals surface area contributed by atoms with Crippen molar-refractivity contribution in [3.8, 4) is 0 Å². The van der Waals surface area contributed by atoms with Gasteiger partial charge in [0.25, 0.3) is 0 Å². The van der Waals surface area contributed by atoms with E-state index in [1.807, 2.05) is 32.0 Å². The maximum atomic E-state index is 10.9. The van der Waals surface area contributed by atoms with E-state index in [9.17, 15) is 4.79 Å². The van der Waals surface area contributed by atoms with Gasteiger partial charge in [-0.2, -0.15) is 0 Å². The highest BCUT2D eigenvalue weighted by Crippen LogP contribution is 2.26. The first-order valence-electron chi connectivity index (χ1n) is 7.88. The Kier molecular flexibility index (Phi) is 4.39. The summed E-state index contributed by atoms with van der Waals surface area (Å²) in [6.07, 6.45) is 1.07. The zero-order valence-corrected chi connectivity index (χ0v) is 13.5. The zero-order valence-electron chi connectivity index (χ0n) is 13.5. The van der Waals surface area contributed by atoms with Crippen molar-refractivity contribution in [2.75, 3.05) is 13.1 Å². The van der Waals surface area contributed by atoms with Crippen LogP contribution in [-0.2, 0) is 6.54 Å². The Hall–Kier alpha value is -2.27. The fourth-order valence-corrected chi connectivity index (χ4v) is 3.13. The number of likely N-dealkylation sites (tertiary alicyclic amines) is 1. The van der Waals surface area contributed by atoms with E-state index in [0.717, 1.165) is 48.8 Å².